The Hall–Kier alpha value is -2.63. The Kier molecular flexibility index (Phi) is 3.61. The van der Waals surface area contributed by atoms with E-state index in [0.717, 1.165) is 0 Å². The largest absolute Gasteiger partial charge is 0.494 e. The number of aromatic nitrogens is 1. The van der Waals surface area contributed by atoms with Crippen LogP contribution < -0.4 is 15.8 Å². The fourth-order valence-electron chi connectivity index (χ4n) is 1.54. The van der Waals surface area contributed by atoms with E-state index in [1.807, 2.05) is 0 Å². The van der Waals surface area contributed by atoms with Crippen molar-refractivity contribution in [3.63, 3.8) is 0 Å². The number of benzene rings is 1. The number of nitrogens with two attached hydrogens (primary N) is 1. The molecule has 19 heavy (non-hydrogen) atoms. The number of anilines is 2. The van der Waals surface area contributed by atoms with Crippen LogP contribution in [0, 0.1) is 5.82 Å². The summed E-state index contributed by atoms with van der Waals surface area (Å²) in [5.74, 6) is -0.895. The fraction of sp³-hybridized carbons (Fsp3) is 0.0769. The van der Waals surface area contributed by atoms with Crippen molar-refractivity contribution >= 4 is 17.3 Å². The number of ether oxygens (including phenoxy) is 1. The average molecular weight is 261 g/mol. The minimum atomic E-state index is -0.556. The SMILES string of the molecule is COc1ccc(NC(=O)c2cnccc2N)cc1F. The molecule has 2 aromatic rings. The van der Waals surface area contributed by atoms with Crippen LogP contribution >= 0.6 is 0 Å². The molecule has 2 rings (SSSR count). The number of hydrogen-bond acceptors (Lipinski definition) is 4. The number of carbonyl (C=O) groups excluding carboxylic acids is 1. The summed E-state index contributed by atoms with van der Waals surface area (Å²) in [6, 6.07) is 5.65. The van der Waals surface area contributed by atoms with Crippen LogP contribution in [0.2, 0.25) is 0 Å². The molecule has 0 bridgehead atoms. The van der Waals surface area contributed by atoms with Crippen LogP contribution in [-0.4, -0.2) is 18.0 Å². The summed E-state index contributed by atoms with van der Waals surface area (Å²) in [6.45, 7) is 0. The Balaban J connectivity index is 2.20. The molecule has 0 spiro atoms. The standard InChI is InChI=1S/C13H12FN3O2/c1-19-12-3-2-8(6-10(12)14)17-13(18)9-7-16-5-4-11(9)15/h2-7H,1H3,(H2,15,16)(H,17,18). The Labute approximate surface area is 109 Å². The van der Waals surface area contributed by atoms with Crippen molar-refractivity contribution in [2.45, 2.75) is 0 Å². The Morgan fingerprint density at radius 2 is 2.21 bits per heavy atom. The number of nitrogen functional groups attached to an aromatic ring is 1. The Morgan fingerprint density at radius 3 is 2.84 bits per heavy atom. The van der Waals surface area contributed by atoms with E-state index >= 15 is 0 Å². The molecule has 0 atom stereocenters. The maximum Gasteiger partial charge on any atom is 0.259 e. The summed E-state index contributed by atoms with van der Waals surface area (Å²) < 4.78 is 18.3. The third-order valence-electron chi connectivity index (χ3n) is 2.51. The smallest absolute Gasteiger partial charge is 0.259 e. The minimum Gasteiger partial charge on any atom is -0.494 e. The summed E-state index contributed by atoms with van der Waals surface area (Å²) in [5, 5.41) is 2.54. The predicted octanol–water partition coefficient (Wildman–Crippen LogP) is 2.06. The molecule has 0 radical (unpaired) electrons. The van der Waals surface area contributed by atoms with Gasteiger partial charge < -0.3 is 15.8 Å². The van der Waals surface area contributed by atoms with Gasteiger partial charge in [0.15, 0.2) is 11.6 Å². The molecule has 98 valence electrons. The monoisotopic (exact) mass is 261 g/mol. The number of nitrogens with zero attached hydrogens (tertiary/aromatic N) is 1. The second kappa shape index (κ2) is 5.34. The van der Waals surface area contributed by atoms with Crippen molar-refractivity contribution in [2.24, 2.45) is 0 Å². The molecule has 1 aromatic carbocycles. The highest BCUT2D eigenvalue weighted by molar-refractivity contribution is 6.07. The van der Waals surface area contributed by atoms with Crippen LogP contribution in [0.3, 0.4) is 0 Å². The van der Waals surface area contributed by atoms with E-state index in [4.69, 9.17) is 10.5 Å². The van der Waals surface area contributed by atoms with Gasteiger partial charge in [0.2, 0.25) is 0 Å². The molecule has 1 amide bonds. The van der Waals surface area contributed by atoms with Crippen molar-refractivity contribution < 1.29 is 13.9 Å². The third-order valence-corrected chi connectivity index (χ3v) is 2.51. The lowest BCUT2D eigenvalue weighted by Crippen LogP contribution is -2.14. The molecule has 0 saturated carbocycles. The van der Waals surface area contributed by atoms with Gasteiger partial charge in [0, 0.05) is 29.8 Å². The van der Waals surface area contributed by atoms with Gasteiger partial charge in [-0.25, -0.2) is 4.39 Å². The summed E-state index contributed by atoms with van der Waals surface area (Å²) in [4.78, 5) is 15.7. The van der Waals surface area contributed by atoms with Crippen molar-refractivity contribution in [3.8, 4) is 5.75 Å². The van der Waals surface area contributed by atoms with E-state index in [1.54, 1.807) is 0 Å². The van der Waals surface area contributed by atoms with Gasteiger partial charge >= 0.3 is 0 Å². The lowest BCUT2D eigenvalue weighted by molar-refractivity contribution is 0.102. The zero-order valence-electron chi connectivity index (χ0n) is 10.2. The zero-order valence-corrected chi connectivity index (χ0v) is 10.2. The quantitative estimate of drug-likeness (QED) is 0.886. The van der Waals surface area contributed by atoms with Gasteiger partial charge in [-0.15, -0.1) is 0 Å². The number of pyridine rings is 1. The number of carbonyl (C=O) groups is 1. The van der Waals surface area contributed by atoms with Gasteiger partial charge in [-0.1, -0.05) is 0 Å². The van der Waals surface area contributed by atoms with E-state index in [2.05, 4.69) is 10.3 Å². The minimum absolute atomic E-state index is 0.110. The van der Waals surface area contributed by atoms with Crippen LogP contribution in [0.25, 0.3) is 0 Å². The normalized spacial score (nSPS) is 10.0. The summed E-state index contributed by atoms with van der Waals surface area (Å²) in [6.07, 6.45) is 2.84. The number of hydrogen-bond donors (Lipinski definition) is 2. The second-order valence-corrected chi connectivity index (χ2v) is 3.77. The third kappa shape index (κ3) is 2.79. The summed E-state index contributed by atoms with van der Waals surface area (Å²) in [5.41, 5.74) is 6.51. The number of rotatable bonds is 3. The van der Waals surface area contributed by atoms with E-state index in [1.165, 1.54) is 43.8 Å². The van der Waals surface area contributed by atoms with Crippen molar-refractivity contribution in [1.82, 2.24) is 4.98 Å². The van der Waals surface area contributed by atoms with Gasteiger partial charge in [0.05, 0.1) is 12.7 Å². The lowest BCUT2D eigenvalue weighted by atomic mass is 10.2. The molecule has 0 fully saturated rings. The number of amides is 1. The summed E-state index contributed by atoms with van der Waals surface area (Å²) >= 11 is 0. The molecule has 1 aromatic heterocycles. The molecule has 3 N–H and O–H groups in total. The molecule has 6 heteroatoms. The highest BCUT2D eigenvalue weighted by Crippen LogP contribution is 2.21. The van der Waals surface area contributed by atoms with Crippen LogP contribution in [0.1, 0.15) is 10.4 Å². The van der Waals surface area contributed by atoms with Crippen LogP contribution in [0.15, 0.2) is 36.7 Å². The lowest BCUT2D eigenvalue weighted by Gasteiger charge is -2.08. The molecular formula is C13H12FN3O2. The molecule has 0 unspecified atom stereocenters. The van der Waals surface area contributed by atoms with E-state index < -0.39 is 11.7 Å². The van der Waals surface area contributed by atoms with Gasteiger partial charge in [-0.3, -0.25) is 9.78 Å². The maximum absolute atomic E-state index is 13.5. The van der Waals surface area contributed by atoms with Crippen LogP contribution in [0.4, 0.5) is 15.8 Å². The molecule has 0 aliphatic rings. The molecule has 0 saturated heterocycles. The molecule has 0 aliphatic heterocycles. The maximum atomic E-state index is 13.5. The number of nitrogens with one attached hydrogen (secondary N) is 1. The zero-order chi connectivity index (χ0) is 13.8. The first-order valence-corrected chi connectivity index (χ1v) is 5.46. The first-order valence-electron chi connectivity index (χ1n) is 5.46. The topological polar surface area (TPSA) is 77.2 Å². The number of methoxy groups -OCH3 is 1. The summed E-state index contributed by atoms with van der Waals surface area (Å²) in [7, 11) is 1.37. The van der Waals surface area contributed by atoms with E-state index in [9.17, 15) is 9.18 Å². The number of halogens is 1. The van der Waals surface area contributed by atoms with Crippen LogP contribution in [-0.2, 0) is 0 Å². The fourth-order valence-corrected chi connectivity index (χ4v) is 1.54. The molecule has 0 aliphatic carbocycles. The molecule has 5 nitrogen and oxygen atoms in total. The average Bonchev–Trinajstić information content (AvgIpc) is 2.39. The second-order valence-electron chi connectivity index (χ2n) is 3.77. The van der Waals surface area contributed by atoms with Crippen molar-refractivity contribution in [3.05, 3.63) is 48.0 Å². The molecular weight excluding hydrogens is 249 g/mol. The van der Waals surface area contributed by atoms with Crippen molar-refractivity contribution in [2.75, 3.05) is 18.2 Å². The van der Waals surface area contributed by atoms with E-state index in [0.29, 0.717) is 11.4 Å². The predicted molar refractivity (Wildman–Crippen MR) is 69.6 cm³/mol. The first-order chi connectivity index (χ1) is 9.11. The Bertz CT molecular complexity index is 617. The Morgan fingerprint density at radius 1 is 1.42 bits per heavy atom. The van der Waals surface area contributed by atoms with Gasteiger partial charge in [-0.05, 0) is 18.2 Å². The van der Waals surface area contributed by atoms with Crippen molar-refractivity contribution in [1.29, 1.82) is 0 Å². The van der Waals surface area contributed by atoms with Gasteiger partial charge in [0.1, 0.15) is 0 Å². The van der Waals surface area contributed by atoms with Gasteiger partial charge in [0.25, 0.3) is 5.91 Å². The highest BCUT2D eigenvalue weighted by atomic mass is 19.1. The first kappa shape index (κ1) is 12.8. The molecule has 1 heterocycles. The van der Waals surface area contributed by atoms with E-state index in [-0.39, 0.29) is 11.3 Å². The van der Waals surface area contributed by atoms with Gasteiger partial charge in [-0.2, -0.15) is 0 Å². The highest BCUT2D eigenvalue weighted by Gasteiger charge is 2.11. The van der Waals surface area contributed by atoms with Crippen LogP contribution in [0.5, 0.6) is 5.75 Å².